The number of nitrogens with zero attached hydrogens (tertiary/aromatic N) is 3. The molecule has 2 amide bonds. The minimum absolute atomic E-state index is 0.195. The fourth-order valence-electron chi connectivity index (χ4n) is 7.88. The van der Waals surface area contributed by atoms with E-state index in [2.05, 4.69) is 57.0 Å². The van der Waals surface area contributed by atoms with E-state index < -0.39 is 18.2 Å². The number of rotatable bonds is 11. The zero-order valence-electron chi connectivity index (χ0n) is 30.9. The Hall–Kier alpha value is -5.72. The first-order chi connectivity index (χ1) is 26.3. The zero-order valence-corrected chi connectivity index (χ0v) is 30.9. The Balaban J connectivity index is 1.07. The molecule has 0 spiro atoms. The number of fused-ring (bicyclic) bond motifs is 6. The van der Waals surface area contributed by atoms with Gasteiger partial charge in [0, 0.05) is 31.1 Å². The van der Waals surface area contributed by atoms with Crippen molar-refractivity contribution in [2.45, 2.75) is 51.4 Å². The predicted octanol–water partition coefficient (Wildman–Crippen LogP) is 7.36. The lowest BCUT2D eigenvalue weighted by Gasteiger charge is -2.31. The van der Waals surface area contributed by atoms with Gasteiger partial charge in [-0.05, 0) is 77.6 Å². The van der Waals surface area contributed by atoms with Crippen molar-refractivity contribution in [1.82, 2.24) is 35.5 Å². The molecule has 54 heavy (non-hydrogen) atoms. The molecule has 0 unspecified atom stereocenters. The quantitative estimate of drug-likeness (QED) is 0.108. The lowest BCUT2D eigenvalue weighted by molar-refractivity contribution is -0.136. The molecule has 12 heteroatoms. The summed E-state index contributed by atoms with van der Waals surface area (Å²) < 4.78 is 16.6. The summed E-state index contributed by atoms with van der Waals surface area (Å²) in [7, 11) is 3.04. The average molecular weight is 728 g/mol. The molecule has 8 rings (SSSR count). The third kappa shape index (κ3) is 6.67. The second-order valence-electron chi connectivity index (χ2n) is 14.2. The Morgan fingerprint density at radius 1 is 1.04 bits per heavy atom. The fraction of sp³-hybridized carbons (Fsp3) is 0.333. The average Bonchev–Trinajstić information content (AvgIpc) is 3.99. The van der Waals surface area contributed by atoms with Gasteiger partial charge in [0.15, 0.2) is 0 Å². The zero-order chi connectivity index (χ0) is 37.3. The van der Waals surface area contributed by atoms with Crippen LogP contribution in [0.5, 0.6) is 5.75 Å². The Morgan fingerprint density at radius 2 is 1.89 bits per heavy atom. The first-order valence-corrected chi connectivity index (χ1v) is 18.5. The van der Waals surface area contributed by atoms with Gasteiger partial charge in [-0.15, -0.1) is 0 Å². The van der Waals surface area contributed by atoms with Gasteiger partial charge >= 0.3 is 6.09 Å². The molecule has 278 valence electrons. The van der Waals surface area contributed by atoms with E-state index >= 15 is 0 Å². The topological polar surface area (TPSA) is 146 Å². The van der Waals surface area contributed by atoms with Gasteiger partial charge in [0.25, 0.3) is 5.91 Å². The highest BCUT2D eigenvalue weighted by molar-refractivity contribution is 6.07. The van der Waals surface area contributed by atoms with E-state index in [0.29, 0.717) is 30.5 Å². The van der Waals surface area contributed by atoms with Crippen molar-refractivity contribution < 1.29 is 23.8 Å². The summed E-state index contributed by atoms with van der Waals surface area (Å²) in [6.45, 7) is 6.58. The van der Waals surface area contributed by atoms with Gasteiger partial charge in [-0.2, -0.15) is 0 Å². The van der Waals surface area contributed by atoms with Crippen LogP contribution in [0.25, 0.3) is 44.2 Å². The molecule has 2 aromatic heterocycles. The van der Waals surface area contributed by atoms with Crippen LogP contribution in [0.1, 0.15) is 67.6 Å². The second kappa shape index (κ2) is 15.0. The van der Waals surface area contributed by atoms with Gasteiger partial charge in [0.2, 0.25) is 0 Å². The minimum Gasteiger partial charge on any atom is -0.488 e. The van der Waals surface area contributed by atoms with E-state index in [9.17, 15) is 9.59 Å². The molecule has 1 saturated heterocycles. The van der Waals surface area contributed by atoms with Gasteiger partial charge in [-0.3, -0.25) is 4.79 Å². The fourth-order valence-corrected chi connectivity index (χ4v) is 7.88. The van der Waals surface area contributed by atoms with Crippen LogP contribution >= 0.6 is 0 Å². The van der Waals surface area contributed by atoms with Crippen molar-refractivity contribution >= 4 is 33.8 Å². The molecule has 0 aliphatic carbocycles. The largest absolute Gasteiger partial charge is 0.488 e. The number of ether oxygens (including phenoxy) is 3. The normalized spacial score (nSPS) is 17.4. The molecule has 4 aromatic carbocycles. The van der Waals surface area contributed by atoms with Crippen LogP contribution < -0.4 is 15.4 Å². The van der Waals surface area contributed by atoms with Crippen LogP contribution in [-0.2, 0) is 20.9 Å². The van der Waals surface area contributed by atoms with Gasteiger partial charge in [-0.25, -0.2) is 14.8 Å². The minimum atomic E-state index is -0.916. The van der Waals surface area contributed by atoms with Crippen LogP contribution in [0.3, 0.4) is 0 Å². The lowest BCUT2D eigenvalue weighted by atomic mass is 9.92. The van der Waals surface area contributed by atoms with Crippen molar-refractivity contribution in [2.24, 2.45) is 5.92 Å². The van der Waals surface area contributed by atoms with Gasteiger partial charge < -0.3 is 39.7 Å². The number of carbonyl (C=O) groups is 2. The summed E-state index contributed by atoms with van der Waals surface area (Å²) in [5.74, 6) is 2.66. The molecule has 4 heterocycles. The van der Waals surface area contributed by atoms with Crippen molar-refractivity contribution in [3.05, 3.63) is 102 Å². The first kappa shape index (κ1) is 35.3. The van der Waals surface area contributed by atoms with Crippen LogP contribution in [0.4, 0.5) is 4.79 Å². The van der Waals surface area contributed by atoms with Gasteiger partial charge in [0.1, 0.15) is 30.0 Å². The van der Waals surface area contributed by atoms with Crippen molar-refractivity contribution in [3.8, 4) is 28.1 Å². The smallest absolute Gasteiger partial charge is 0.407 e. The number of alkyl carbamates (subject to hydrolysis) is 1. The SMILES string of the molecule is CCCN(C(=O)[C@H](NC(=O)OC)c1ccccc1)[C@@H](C)c1nc2ccc3cc4c(cc3c2[nH]1)OCc1cc(-c2cnc([C@@H]3C[C@H](COC)CN3)[nH]2)ccc1-4. The Labute approximate surface area is 313 Å². The number of nitrogens with one attached hydrogen (secondary N) is 4. The van der Waals surface area contributed by atoms with E-state index in [1.807, 2.05) is 56.4 Å². The monoisotopic (exact) mass is 727 g/mol. The number of methoxy groups -OCH3 is 2. The van der Waals surface area contributed by atoms with E-state index in [1.165, 1.54) is 7.11 Å². The number of imidazole rings is 2. The molecular weight excluding hydrogens is 683 g/mol. The molecule has 1 fully saturated rings. The Morgan fingerprint density at radius 3 is 2.69 bits per heavy atom. The summed E-state index contributed by atoms with van der Waals surface area (Å²) >= 11 is 0. The van der Waals surface area contributed by atoms with E-state index in [-0.39, 0.29) is 11.9 Å². The molecule has 4 atom stereocenters. The second-order valence-corrected chi connectivity index (χ2v) is 14.2. The molecule has 6 aromatic rings. The number of aromatic amines is 2. The highest BCUT2D eigenvalue weighted by Crippen LogP contribution is 2.43. The maximum atomic E-state index is 14.2. The number of benzene rings is 4. The molecule has 12 nitrogen and oxygen atoms in total. The summed E-state index contributed by atoms with van der Waals surface area (Å²) in [6.07, 6.45) is 2.96. The molecule has 0 bridgehead atoms. The van der Waals surface area contributed by atoms with Gasteiger partial charge in [0.05, 0.1) is 48.7 Å². The van der Waals surface area contributed by atoms with Crippen molar-refractivity contribution in [2.75, 3.05) is 33.9 Å². The van der Waals surface area contributed by atoms with Crippen molar-refractivity contribution in [3.63, 3.8) is 0 Å². The summed E-state index contributed by atoms with van der Waals surface area (Å²) in [4.78, 5) is 45.0. The van der Waals surface area contributed by atoms with Crippen molar-refractivity contribution in [1.29, 1.82) is 0 Å². The molecule has 0 radical (unpaired) electrons. The highest BCUT2D eigenvalue weighted by atomic mass is 16.5. The standard InChI is InChI=1S/C42H45N7O5/c1-5-15-49(41(50)37(48-42(51)53-4)26-9-7-6-8-10-26)24(2)39-45-33-14-12-27-18-32-30-13-11-28(17-29(30)23-54-36(32)19-31(27)38(33)47-39)35-21-44-40(46-35)34-16-25(20-43-34)22-52-3/h6-14,17-19,21,24-25,34,37,43H,5,15-16,20,22-23H2,1-4H3,(H,44,46)(H,45,47)(H,48,51)/t24-,25-,34-,37+/m0/s1. The summed E-state index contributed by atoms with van der Waals surface area (Å²) in [5, 5.41) is 8.33. The molecular formula is C42H45N7O5. The molecule has 4 N–H and O–H groups in total. The Bertz CT molecular complexity index is 2320. The maximum Gasteiger partial charge on any atom is 0.407 e. The van der Waals surface area contributed by atoms with E-state index in [0.717, 1.165) is 87.3 Å². The van der Waals surface area contributed by atoms with Crippen LogP contribution in [-0.4, -0.2) is 70.8 Å². The van der Waals surface area contributed by atoms with Crippen LogP contribution in [0.2, 0.25) is 0 Å². The maximum absolute atomic E-state index is 14.2. The molecule has 2 aliphatic heterocycles. The number of carbonyl (C=O) groups excluding carboxylic acids is 2. The molecule has 0 saturated carbocycles. The highest BCUT2D eigenvalue weighted by Gasteiger charge is 2.32. The van der Waals surface area contributed by atoms with Crippen LogP contribution in [0, 0.1) is 5.92 Å². The third-order valence-corrected chi connectivity index (χ3v) is 10.7. The number of hydrogen-bond acceptors (Lipinski definition) is 8. The number of amides is 2. The Kier molecular flexibility index (Phi) is 9.78. The van der Waals surface area contributed by atoms with E-state index in [4.69, 9.17) is 24.2 Å². The molecule has 2 aliphatic rings. The number of aromatic nitrogens is 4. The number of hydrogen-bond donors (Lipinski definition) is 4. The first-order valence-electron chi connectivity index (χ1n) is 18.5. The predicted molar refractivity (Wildman–Crippen MR) is 207 cm³/mol. The summed E-state index contributed by atoms with van der Waals surface area (Å²) in [6, 6.07) is 22.9. The summed E-state index contributed by atoms with van der Waals surface area (Å²) in [5.41, 5.74) is 7.68. The van der Waals surface area contributed by atoms with Gasteiger partial charge in [-0.1, -0.05) is 55.5 Å². The van der Waals surface area contributed by atoms with E-state index in [1.54, 1.807) is 12.0 Å². The third-order valence-electron chi connectivity index (χ3n) is 10.7. The van der Waals surface area contributed by atoms with Crippen LogP contribution in [0.15, 0.2) is 79.0 Å². The number of H-pyrrole nitrogens is 2. The lowest BCUT2D eigenvalue weighted by Crippen LogP contribution is -2.44.